The molecule has 3 amide bonds. The minimum absolute atomic E-state index is 0.0921. The topological polar surface area (TPSA) is 228 Å². The van der Waals surface area contributed by atoms with Crippen molar-refractivity contribution in [1.82, 2.24) is 16.0 Å². The molecule has 0 spiro atoms. The van der Waals surface area contributed by atoms with E-state index in [0.717, 1.165) is 0 Å². The van der Waals surface area contributed by atoms with Gasteiger partial charge in [-0.3, -0.25) is 19.2 Å². The quantitative estimate of drug-likeness (QED) is 0.146. The third-order valence-electron chi connectivity index (χ3n) is 3.69. The van der Waals surface area contributed by atoms with Crippen LogP contribution in [0.1, 0.15) is 26.7 Å². The molecule has 0 aromatic rings. The minimum Gasteiger partial charge on any atom is -0.481 e. The molecule has 4 unspecified atom stereocenters. The maximum absolute atomic E-state index is 12.3. The molecule has 0 heterocycles. The van der Waals surface area contributed by atoms with Gasteiger partial charge in [-0.1, -0.05) is 13.8 Å². The van der Waals surface area contributed by atoms with Crippen molar-refractivity contribution in [1.29, 1.82) is 0 Å². The third kappa shape index (κ3) is 9.82. The van der Waals surface area contributed by atoms with Gasteiger partial charge in [-0.25, -0.2) is 4.79 Å². The maximum Gasteiger partial charge on any atom is 0.328 e. The Kier molecular flexibility index (Phi) is 11.4. The zero-order valence-electron chi connectivity index (χ0n) is 16.1. The summed E-state index contributed by atoms with van der Waals surface area (Å²) in [6.07, 6.45) is -0.596. The second-order valence-corrected chi connectivity index (χ2v) is 6.72. The van der Waals surface area contributed by atoms with Crippen LogP contribution in [0.2, 0.25) is 0 Å². The summed E-state index contributed by atoms with van der Waals surface area (Å²) in [5.74, 6) is -5.93. The van der Waals surface area contributed by atoms with Crippen molar-refractivity contribution < 1.29 is 44.4 Å². The largest absolute Gasteiger partial charge is 0.481 e. The standard InChI is InChI=1S/C16H28N4O9/c1-7(2)3-8(17)13(25)19-10(5-21)15(27)18-9(4-12(23)24)14(26)20-11(6-22)16(28)29/h7-11,21-22H,3-6,17H2,1-2H3,(H,18,27)(H,19,25)(H,20,26)(H,23,24)(H,28,29). The summed E-state index contributed by atoms with van der Waals surface area (Å²) in [5.41, 5.74) is 5.69. The van der Waals surface area contributed by atoms with Crippen molar-refractivity contribution in [2.75, 3.05) is 13.2 Å². The van der Waals surface area contributed by atoms with E-state index in [9.17, 15) is 29.1 Å². The molecular formula is C16H28N4O9. The number of nitrogens with two attached hydrogens (primary N) is 1. The summed E-state index contributed by atoms with van der Waals surface area (Å²) in [6.45, 7) is 1.84. The Labute approximate surface area is 166 Å². The number of rotatable bonds is 13. The summed E-state index contributed by atoms with van der Waals surface area (Å²) in [7, 11) is 0. The van der Waals surface area contributed by atoms with Crippen molar-refractivity contribution >= 4 is 29.7 Å². The number of carbonyl (C=O) groups excluding carboxylic acids is 3. The van der Waals surface area contributed by atoms with E-state index in [2.05, 4.69) is 5.32 Å². The average Bonchev–Trinajstić information content (AvgIpc) is 2.61. The molecule has 0 bridgehead atoms. The van der Waals surface area contributed by atoms with Crippen molar-refractivity contribution in [2.45, 2.75) is 50.9 Å². The number of hydrogen-bond acceptors (Lipinski definition) is 8. The molecule has 0 aliphatic carbocycles. The maximum atomic E-state index is 12.3. The first-order valence-electron chi connectivity index (χ1n) is 8.75. The van der Waals surface area contributed by atoms with Gasteiger partial charge in [0, 0.05) is 0 Å². The van der Waals surface area contributed by atoms with E-state index in [4.69, 9.17) is 21.1 Å². The second kappa shape index (κ2) is 12.6. The molecule has 0 fully saturated rings. The fourth-order valence-corrected chi connectivity index (χ4v) is 2.20. The highest BCUT2D eigenvalue weighted by molar-refractivity contribution is 5.95. The Morgan fingerprint density at radius 1 is 0.793 bits per heavy atom. The fraction of sp³-hybridized carbons (Fsp3) is 0.688. The highest BCUT2D eigenvalue weighted by Crippen LogP contribution is 2.03. The van der Waals surface area contributed by atoms with Gasteiger partial charge in [-0.15, -0.1) is 0 Å². The van der Waals surface area contributed by atoms with Crippen LogP contribution in [0.5, 0.6) is 0 Å². The van der Waals surface area contributed by atoms with Gasteiger partial charge in [0.15, 0.2) is 0 Å². The van der Waals surface area contributed by atoms with E-state index < -0.39 is 73.5 Å². The molecular weight excluding hydrogens is 392 g/mol. The molecule has 13 nitrogen and oxygen atoms in total. The van der Waals surface area contributed by atoms with Crippen LogP contribution in [-0.2, 0) is 24.0 Å². The second-order valence-electron chi connectivity index (χ2n) is 6.72. The number of carboxylic acids is 2. The summed E-state index contributed by atoms with van der Waals surface area (Å²) in [5, 5.41) is 42.2. The molecule has 13 heteroatoms. The molecule has 4 atom stereocenters. The van der Waals surface area contributed by atoms with E-state index in [1.807, 2.05) is 24.5 Å². The van der Waals surface area contributed by atoms with Gasteiger partial charge in [-0.2, -0.15) is 0 Å². The Morgan fingerprint density at radius 2 is 1.24 bits per heavy atom. The molecule has 166 valence electrons. The Morgan fingerprint density at radius 3 is 1.66 bits per heavy atom. The van der Waals surface area contributed by atoms with Crippen LogP contribution in [-0.4, -0.2) is 87.5 Å². The number of aliphatic hydroxyl groups excluding tert-OH is 2. The van der Waals surface area contributed by atoms with Gasteiger partial charge in [-0.05, 0) is 12.3 Å². The molecule has 0 rings (SSSR count). The summed E-state index contributed by atoms with van der Waals surface area (Å²) >= 11 is 0. The lowest BCUT2D eigenvalue weighted by Gasteiger charge is -2.23. The lowest BCUT2D eigenvalue weighted by molar-refractivity contribution is -0.144. The van der Waals surface area contributed by atoms with Crippen molar-refractivity contribution in [3.05, 3.63) is 0 Å². The molecule has 0 aromatic heterocycles. The summed E-state index contributed by atoms with van der Waals surface area (Å²) in [6, 6.07) is -5.89. The smallest absolute Gasteiger partial charge is 0.328 e. The Balaban J connectivity index is 5.17. The zero-order chi connectivity index (χ0) is 22.7. The number of hydrogen-bond donors (Lipinski definition) is 8. The van der Waals surface area contributed by atoms with E-state index in [0.29, 0.717) is 6.42 Å². The number of carboxylic acid groups (broad SMARTS) is 2. The lowest BCUT2D eigenvalue weighted by atomic mass is 10.0. The van der Waals surface area contributed by atoms with E-state index >= 15 is 0 Å². The lowest BCUT2D eigenvalue weighted by Crippen LogP contribution is -2.58. The summed E-state index contributed by atoms with van der Waals surface area (Å²) in [4.78, 5) is 58.2. The van der Waals surface area contributed by atoms with Gasteiger partial charge in [0.25, 0.3) is 0 Å². The number of carbonyl (C=O) groups is 5. The molecule has 9 N–H and O–H groups in total. The van der Waals surface area contributed by atoms with Gasteiger partial charge in [0.1, 0.15) is 18.1 Å². The van der Waals surface area contributed by atoms with Crippen molar-refractivity contribution in [3.63, 3.8) is 0 Å². The van der Waals surface area contributed by atoms with Crippen LogP contribution in [0.25, 0.3) is 0 Å². The van der Waals surface area contributed by atoms with Gasteiger partial charge < -0.3 is 42.1 Å². The van der Waals surface area contributed by atoms with E-state index in [1.165, 1.54) is 0 Å². The molecule has 0 saturated heterocycles. The van der Waals surface area contributed by atoms with Crippen LogP contribution in [0.4, 0.5) is 0 Å². The monoisotopic (exact) mass is 420 g/mol. The highest BCUT2D eigenvalue weighted by atomic mass is 16.4. The fourth-order valence-electron chi connectivity index (χ4n) is 2.20. The molecule has 0 aliphatic heterocycles. The van der Waals surface area contributed by atoms with E-state index in [1.54, 1.807) is 0 Å². The predicted molar refractivity (Wildman–Crippen MR) is 97.3 cm³/mol. The first-order chi connectivity index (χ1) is 13.4. The third-order valence-corrected chi connectivity index (χ3v) is 3.69. The molecule has 29 heavy (non-hydrogen) atoms. The minimum atomic E-state index is -1.72. The van der Waals surface area contributed by atoms with Crippen molar-refractivity contribution in [3.8, 4) is 0 Å². The first kappa shape index (κ1) is 26.2. The first-order valence-corrected chi connectivity index (χ1v) is 8.75. The van der Waals surface area contributed by atoms with Crippen LogP contribution in [0.3, 0.4) is 0 Å². The Hall–Kier alpha value is -2.77. The molecule has 0 radical (unpaired) electrons. The number of nitrogens with one attached hydrogen (secondary N) is 3. The predicted octanol–water partition coefficient (Wildman–Crippen LogP) is -3.64. The molecule has 0 aromatic carbocycles. The van der Waals surface area contributed by atoms with E-state index in [-0.39, 0.29) is 5.92 Å². The highest BCUT2D eigenvalue weighted by Gasteiger charge is 2.31. The molecule has 0 saturated carbocycles. The Bertz CT molecular complexity index is 611. The van der Waals surface area contributed by atoms with Crippen LogP contribution >= 0.6 is 0 Å². The average molecular weight is 420 g/mol. The van der Waals surface area contributed by atoms with Crippen LogP contribution in [0, 0.1) is 5.92 Å². The SMILES string of the molecule is CC(C)CC(N)C(=O)NC(CO)C(=O)NC(CC(=O)O)C(=O)NC(CO)C(=O)O. The van der Waals surface area contributed by atoms with Gasteiger partial charge >= 0.3 is 11.9 Å². The van der Waals surface area contributed by atoms with Gasteiger partial charge in [0.05, 0.1) is 25.7 Å². The van der Waals surface area contributed by atoms with Crippen LogP contribution in [0.15, 0.2) is 0 Å². The normalized spacial score (nSPS) is 15.0. The molecule has 0 aliphatic rings. The van der Waals surface area contributed by atoms with Crippen molar-refractivity contribution in [2.24, 2.45) is 11.7 Å². The summed E-state index contributed by atoms with van der Waals surface area (Å²) < 4.78 is 0. The van der Waals surface area contributed by atoms with Crippen LogP contribution < -0.4 is 21.7 Å². The number of amides is 3. The van der Waals surface area contributed by atoms with Gasteiger partial charge in [0.2, 0.25) is 17.7 Å². The zero-order valence-corrected chi connectivity index (χ0v) is 16.1. The number of aliphatic hydroxyl groups is 2. The number of aliphatic carboxylic acids is 2.